The lowest BCUT2D eigenvalue weighted by atomic mass is 9.58. The molecule has 10 nitrogen and oxygen atoms in total. The standard InChI is InChI=1S/C29H28N2O8/c1-12(32)13-5-4-6-14(9-13)16-7-8-19(33)21-17(16)10-15-11-18-23(31(2)3)25(35)22(28(30)38)27(37)29(18,39)26(36)20(15)24(21)34/h4-9,15,18,23,33,35-36,39H,10-11H2,1-3H3,(H2,30,38)/t15-,18-,23-,29?/m0/s1. The summed E-state index contributed by atoms with van der Waals surface area (Å²) in [4.78, 5) is 52.8. The zero-order valence-corrected chi connectivity index (χ0v) is 21.6. The highest BCUT2D eigenvalue weighted by molar-refractivity contribution is 6.25. The van der Waals surface area contributed by atoms with E-state index in [1.165, 1.54) is 17.9 Å². The van der Waals surface area contributed by atoms with Crippen LogP contribution in [0, 0.1) is 11.8 Å². The maximum absolute atomic E-state index is 13.8. The van der Waals surface area contributed by atoms with Crippen molar-refractivity contribution in [1.29, 1.82) is 0 Å². The van der Waals surface area contributed by atoms with Gasteiger partial charge in [0.05, 0.1) is 11.6 Å². The molecule has 0 fully saturated rings. The Morgan fingerprint density at radius 2 is 1.77 bits per heavy atom. The number of hydrogen-bond donors (Lipinski definition) is 5. The molecule has 2 aromatic rings. The van der Waals surface area contributed by atoms with E-state index in [1.807, 2.05) is 0 Å². The molecule has 0 aromatic heterocycles. The van der Waals surface area contributed by atoms with Crippen molar-refractivity contribution < 1.29 is 39.6 Å². The minimum absolute atomic E-state index is 0.00561. The van der Waals surface area contributed by atoms with Crippen LogP contribution in [0.25, 0.3) is 11.1 Å². The number of benzene rings is 2. The summed E-state index contributed by atoms with van der Waals surface area (Å²) in [6, 6.07) is 8.78. The van der Waals surface area contributed by atoms with Gasteiger partial charge in [-0.1, -0.05) is 24.3 Å². The lowest BCUT2D eigenvalue weighted by molar-refractivity contribution is -0.148. The van der Waals surface area contributed by atoms with Gasteiger partial charge in [0, 0.05) is 17.1 Å². The molecule has 4 atom stereocenters. The first-order valence-electron chi connectivity index (χ1n) is 12.4. The molecular weight excluding hydrogens is 504 g/mol. The number of phenols is 1. The molecule has 10 heteroatoms. The van der Waals surface area contributed by atoms with Crippen molar-refractivity contribution >= 4 is 23.3 Å². The number of amides is 1. The molecular formula is C29H28N2O8. The Hall–Kier alpha value is -4.28. The summed E-state index contributed by atoms with van der Waals surface area (Å²) in [7, 11) is 3.15. The molecule has 5 rings (SSSR count). The molecule has 6 N–H and O–H groups in total. The van der Waals surface area contributed by atoms with E-state index in [0.29, 0.717) is 22.3 Å². The van der Waals surface area contributed by atoms with Crippen LogP contribution in [-0.2, 0) is 16.0 Å². The van der Waals surface area contributed by atoms with Gasteiger partial charge in [0.25, 0.3) is 5.91 Å². The highest BCUT2D eigenvalue weighted by Crippen LogP contribution is 2.53. The summed E-state index contributed by atoms with van der Waals surface area (Å²) in [6.45, 7) is 1.44. The van der Waals surface area contributed by atoms with Crippen LogP contribution in [0.5, 0.6) is 5.75 Å². The molecule has 1 unspecified atom stereocenters. The number of hydrogen-bond acceptors (Lipinski definition) is 9. The molecule has 3 aliphatic carbocycles. The normalized spacial score (nSPS) is 26.3. The molecule has 0 spiro atoms. The average molecular weight is 533 g/mol. The maximum Gasteiger partial charge on any atom is 0.255 e. The van der Waals surface area contributed by atoms with Crippen LogP contribution < -0.4 is 5.73 Å². The number of aliphatic hydroxyl groups is 3. The number of primary amides is 1. The third kappa shape index (κ3) is 3.63. The quantitative estimate of drug-likeness (QED) is 0.291. The summed E-state index contributed by atoms with van der Waals surface area (Å²) in [6.07, 6.45) is 0.150. The van der Waals surface area contributed by atoms with Gasteiger partial charge in [0.15, 0.2) is 17.2 Å². The molecule has 0 saturated carbocycles. The summed E-state index contributed by atoms with van der Waals surface area (Å²) in [5.41, 5.74) is 3.75. The molecule has 0 heterocycles. The molecule has 0 bridgehead atoms. The first kappa shape index (κ1) is 26.3. The molecule has 202 valence electrons. The average Bonchev–Trinajstić information content (AvgIpc) is 2.86. The lowest BCUT2D eigenvalue weighted by Gasteiger charge is -2.50. The van der Waals surface area contributed by atoms with Crippen molar-refractivity contribution in [3.63, 3.8) is 0 Å². The van der Waals surface area contributed by atoms with Crippen molar-refractivity contribution in [3.8, 4) is 16.9 Å². The molecule has 3 aliphatic rings. The summed E-state index contributed by atoms with van der Waals surface area (Å²) >= 11 is 0. The highest BCUT2D eigenvalue weighted by atomic mass is 16.3. The number of aromatic hydroxyl groups is 1. The number of ketones is 3. The Balaban J connectivity index is 1.72. The maximum atomic E-state index is 13.8. The molecule has 0 radical (unpaired) electrons. The number of carbonyl (C=O) groups is 4. The van der Waals surface area contributed by atoms with Crippen LogP contribution in [0.4, 0.5) is 0 Å². The number of phenolic OH excluding ortho intramolecular Hbond substituents is 1. The molecule has 2 aromatic carbocycles. The van der Waals surface area contributed by atoms with E-state index in [0.717, 1.165) is 0 Å². The fourth-order valence-electron chi connectivity index (χ4n) is 6.43. The topological polar surface area (TPSA) is 178 Å². The zero-order valence-electron chi connectivity index (χ0n) is 21.6. The largest absolute Gasteiger partial charge is 0.510 e. The van der Waals surface area contributed by atoms with Gasteiger partial charge in [-0.25, -0.2) is 0 Å². The summed E-state index contributed by atoms with van der Waals surface area (Å²) in [5.74, 6) is -7.12. The van der Waals surface area contributed by atoms with Gasteiger partial charge in [0.2, 0.25) is 5.78 Å². The fourth-order valence-corrected chi connectivity index (χ4v) is 6.43. The van der Waals surface area contributed by atoms with Crippen molar-refractivity contribution in [2.24, 2.45) is 17.6 Å². The number of rotatable bonds is 4. The van der Waals surface area contributed by atoms with Gasteiger partial charge in [-0.2, -0.15) is 0 Å². The number of aliphatic hydroxyl groups excluding tert-OH is 2. The number of nitrogens with two attached hydrogens (primary N) is 1. The Bertz CT molecular complexity index is 1550. The Morgan fingerprint density at radius 3 is 2.38 bits per heavy atom. The van der Waals surface area contributed by atoms with E-state index in [4.69, 9.17) is 5.73 Å². The molecule has 0 saturated heterocycles. The third-order valence-electron chi connectivity index (χ3n) is 8.19. The van der Waals surface area contributed by atoms with E-state index in [1.54, 1.807) is 44.4 Å². The van der Waals surface area contributed by atoms with Gasteiger partial charge >= 0.3 is 0 Å². The van der Waals surface area contributed by atoms with Crippen molar-refractivity contribution in [3.05, 3.63) is 75.8 Å². The SMILES string of the molecule is CC(=O)c1cccc(-c2ccc(O)c3c2C[C@H]2C[C@H]4[C@H](N(C)C)C(O)=C(C(N)=O)C(=O)C4(O)C(O)=C2C3=O)c1. The van der Waals surface area contributed by atoms with Crippen molar-refractivity contribution in [2.75, 3.05) is 14.1 Å². The van der Waals surface area contributed by atoms with Crippen LogP contribution in [0.1, 0.15) is 39.6 Å². The van der Waals surface area contributed by atoms with E-state index in [2.05, 4.69) is 0 Å². The molecule has 0 aliphatic heterocycles. The third-order valence-corrected chi connectivity index (χ3v) is 8.19. The predicted molar refractivity (Wildman–Crippen MR) is 139 cm³/mol. The van der Waals surface area contributed by atoms with E-state index in [-0.39, 0.29) is 35.5 Å². The number of Topliss-reactive ketones (excluding diaryl/α,β-unsaturated/α-hetero) is 3. The second-order valence-corrected chi connectivity index (χ2v) is 10.6. The molecule has 39 heavy (non-hydrogen) atoms. The van der Waals surface area contributed by atoms with Gasteiger partial charge in [-0.05, 0) is 68.6 Å². The van der Waals surface area contributed by atoms with Gasteiger partial charge in [-0.15, -0.1) is 0 Å². The van der Waals surface area contributed by atoms with Crippen molar-refractivity contribution in [2.45, 2.75) is 31.4 Å². The Labute approximate surface area is 223 Å². The van der Waals surface area contributed by atoms with E-state index >= 15 is 0 Å². The second kappa shape index (κ2) is 8.89. The van der Waals surface area contributed by atoms with Crippen LogP contribution in [0.15, 0.2) is 59.1 Å². The Morgan fingerprint density at radius 1 is 1.08 bits per heavy atom. The number of nitrogens with zero attached hydrogens (tertiary/aromatic N) is 1. The van der Waals surface area contributed by atoms with Gasteiger partial charge < -0.3 is 26.2 Å². The summed E-state index contributed by atoms with van der Waals surface area (Å²) in [5, 5.41) is 44.6. The number of carbonyl (C=O) groups excluding carboxylic acids is 4. The highest BCUT2D eigenvalue weighted by Gasteiger charge is 2.63. The number of fused-ring (bicyclic) bond motifs is 3. The van der Waals surface area contributed by atoms with Crippen LogP contribution in [0.3, 0.4) is 0 Å². The minimum Gasteiger partial charge on any atom is -0.510 e. The predicted octanol–water partition coefficient (Wildman–Crippen LogP) is 1.99. The van der Waals surface area contributed by atoms with E-state index < -0.39 is 58.0 Å². The Kier molecular flexibility index (Phi) is 6.00. The minimum atomic E-state index is -2.69. The van der Waals surface area contributed by atoms with Crippen LogP contribution in [0.2, 0.25) is 0 Å². The summed E-state index contributed by atoms with van der Waals surface area (Å²) < 4.78 is 0. The monoisotopic (exact) mass is 532 g/mol. The zero-order chi connectivity index (χ0) is 28.5. The number of allylic oxidation sites excluding steroid dienone is 1. The van der Waals surface area contributed by atoms with Gasteiger partial charge in [0.1, 0.15) is 22.8 Å². The fraction of sp³-hybridized carbons (Fsp3) is 0.310. The van der Waals surface area contributed by atoms with Crippen LogP contribution in [-0.4, -0.2) is 74.3 Å². The van der Waals surface area contributed by atoms with Crippen LogP contribution >= 0.6 is 0 Å². The second-order valence-electron chi connectivity index (χ2n) is 10.6. The smallest absolute Gasteiger partial charge is 0.255 e. The first-order chi connectivity index (χ1) is 18.3. The first-order valence-corrected chi connectivity index (χ1v) is 12.4. The number of likely N-dealkylation sites (N-methyl/N-ethyl adjacent to an activating group) is 1. The molecule has 1 amide bonds. The van der Waals surface area contributed by atoms with Gasteiger partial charge in [-0.3, -0.25) is 24.1 Å². The van der Waals surface area contributed by atoms with Crippen molar-refractivity contribution in [1.82, 2.24) is 4.90 Å². The lowest BCUT2D eigenvalue weighted by Crippen LogP contribution is -2.63. The van der Waals surface area contributed by atoms with E-state index in [9.17, 15) is 39.6 Å².